The topological polar surface area (TPSA) is 98.6 Å². The quantitative estimate of drug-likeness (QED) is 0.766. The minimum absolute atomic E-state index is 0.191. The molecule has 0 unspecified atom stereocenters. The van der Waals surface area contributed by atoms with Gasteiger partial charge in [-0.3, -0.25) is 9.59 Å². The number of nitrogens with one attached hydrogen (secondary N) is 2. The fourth-order valence-corrected chi connectivity index (χ4v) is 2.38. The van der Waals surface area contributed by atoms with Gasteiger partial charge in [-0.2, -0.15) is 5.26 Å². The number of H-pyrrole nitrogens is 1. The molecule has 1 amide bonds. The third-order valence-electron chi connectivity index (χ3n) is 3.56. The van der Waals surface area contributed by atoms with E-state index in [1.165, 1.54) is 6.07 Å². The summed E-state index contributed by atoms with van der Waals surface area (Å²) in [5, 5.41) is 12.2. The van der Waals surface area contributed by atoms with Crippen molar-refractivity contribution >= 4 is 16.8 Å². The molecule has 6 heteroatoms. The number of amides is 1. The van der Waals surface area contributed by atoms with Gasteiger partial charge in [-0.05, 0) is 30.3 Å². The lowest BCUT2D eigenvalue weighted by Crippen LogP contribution is -2.26. The summed E-state index contributed by atoms with van der Waals surface area (Å²) in [5.74, 6) is 0.250. The summed E-state index contributed by atoms with van der Waals surface area (Å²) >= 11 is 0. The summed E-state index contributed by atoms with van der Waals surface area (Å²) in [4.78, 5) is 31.1. The van der Waals surface area contributed by atoms with Gasteiger partial charge < -0.3 is 10.3 Å². The number of carbonyl (C=O) groups is 1. The van der Waals surface area contributed by atoms with Crippen molar-refractivity contribution in [3.63, 3.8) is 0 Å². The molecule has 3 rings (SSSR count). The molecule has 0 atom stereocenters. The van der Waals surface area contributed by atoms with Crippen LogP contribution in [-0.4, -0.2) is 22.4 Å². The molecule has 0 spiro atoms. The van der Waals surface area contributed by atoms with Crippen LogP contribution >= 0.6 is 0 Å². The number of hydrogen-bond acceptors (Lipinski definition) is 4. The Balaban J connectivity index is 1.67. The Bertz CT molecular complexity index is 1000. The third kappa shape index (κ3) is 3.31. The molecule has 0 radical (unpaired) electrons. The Morgan fingerprint density at radius 1 is 1.21 bits per heavy atom. The maximum absolute atomic E-state index is 12.1. The average molecular weight is 318 g/mol. The maximum Gasteiger partial charge on any atom is 0.258 e. The highest BCUT2D eigenvalue weighted by Gasteiger charge is 2.07. The molecule has 0 bridgehead atoms. The fourth-order valence-electron chi connectivity index (χ4n) is 2.38. The molecule has 0 saturated carbocycles. The van der Waals surface area contributed by atoms with E-state index in [4.69, 9.17) is 5.26 Å². The van der Waals surface area contributed by atoms with E-state index in [2.05, 4.69) is 15.3 Å². The first-order chi connectivity index (χ1) is 11.7. The lowest BCUT2D eigenvalue weighted by atomic mass is 10.1. The molecule has 0 aliphatic carbocycles. The highest BCUT2D eigenvalue weighted by atomic mass is 16.1. The van der Waals surface area contributed by atoms with Crippen molar-refractivity contribution < 1.29 is 4.79 Å². The van der Waals surface area contributed by atoms with Crippen molar-refractivity contribution in [1.82, 2.24) is 15.3 Å². The zero-order chi connectivity index (χ0) is 16.9. The molecule has 0 fully saturated rings. The van der Waals surface area contributed by atoms with Gasteiger partial charge in [0.1, 0.15) is 5.82 Å². The SMILES string of the molecule is N#Cc1cccc(C(=O)NCCc2nc3ccccc3c(=O)[nH]2)c1. The smallest absolute Gasteiger partial charge is 0.258 e. The minimum Gasteiger partial charge on any atom is -0.352 e. The van der Waals surface area contributed by atoms with Gasteiger partial charge in [0.2, 0.25) is 0 Å². The number of rotatable bonds is 4. The van der Waals surface area contributed by atoms with Crippen LogP contribution in [0.3, 0.4) is 0 Å². The van der Waals surface area contributed by atoms with E-state index in [9.17, 15) is 9.59 Å². The van der Waals surface area contributed by atoms with Crippen LogP contribution in [0.4, 0.5) is 0 Å². The van der Waals surface area contributed by atoms with Crippen LogP contribution in [0, 0.1) is 11.3 Å². The minimum atomic E-state index is -0.268. The number of nitriles is 1. The highest BCUT2D eigenvalue weighted by molar-refractivity contribution is 5.94. The highest BCUT2D eigenvalue weighted by Crippen LogP contribution is 2.06. The fraction of sp³-hybridized carbons (Fsp3) is 0.111. The molecule has 3 aromatic rings. The summed E-state index contributed by atoms with van der Waals surface area (Å²) in [5.41, 5.74) is 1.30. The Kier molecular flexibility index (Phi) is 4.34. The van der Waals surface area contributed by atoms with Crippen LogP contribution in [0.15, 0.2) is 53.3 Å². The maximum atomic E-state index is 12.1. The van der Waals surface area contributed by atoms with Gasteiger partial charge in [0.05, 0.1) is 22.5 Å². The van der Waals surface area contributed by atoms with Gasteiger partial charge in [0.25, 0.3) is 11.5 Å². The van der Waals surface area contributed by atoms with Crippen molar-refractivity contribution in [1.29, 1.82) is 5.26 Å². The molecule has 6 nitrogen and oxygen atoms in total. The van der Waals surface area contributed by atoms with Crippen molar-refractivity contribution in [3.8, 4) is 6.07 Å². The van der Waals surface area contributed by atoms with Crippen LogP contribution in [0.25, 0.3) is 10.9 Å². The Hall–Kier alpha value is -3.46. The van der Waals surface area contributed by atoms with Crippen LogP contribution in [0.5, 0.6) is 0 Å². The molecule has 1 heterocycles. The first-order valence-electron chi connectivity index (χ1n) is 7.43. The summed E-state index contributed by atoms with van der Waals surface area (Å²) in [6, 6.07) is 15.6. The molecular formula is C18H14N4O2. The van der Waals surface area contributed by atoms with Crippen LogP contribution in [0.2, 0.25) is 0 Å². The number of aromatic nitrogens is 2. The van der Waals surface area contributed by atoms with E-state index in [1.807, 2.05) is 12.1 Å². The zero-order valence-corrected chi connectivity index (χ0v) is 12.7. The largest absolute Gasteiger partial charge is 0.352 e. The van der Waals surface area contributed by atoms with Gasteiger partial charge in [-0.1, -0.05) is 18.2 Å². The monoisotopic (exact) mass is 318 g/mol. The number of aromatic amines is 1. The summed E-state index contributed by atoms with van der Waals surface area (Å²) in [6.45, 7) is 0.330. The van der Waals surface area contributed by atoms with E-state index in [0.717, 1.165) is 0 Å². The molecule has 0 aliphatic rings. The second-order valence-corrected chi connectivity index (χ2v) is 5.23. The van der Waals surface area contributed by atoms with Gasteiger partial charge in [0, 0.05) is 18.5 Å². The average Bonchev–Trinajstić information content (AvgIpc) is 2.62. The van der Waals surface area contributed by atoms with Crippen molar-refractivity contribution in [2.24, 2.45) is 0 Å². The van der Waals surface area contributed by atoms with Crippen molar-refractivity contribution in [2.75, 3.05) is 6.54 Å². The lowest BCUT2D eigenvalue weighted by molar-refractivity contribution is 0.0954. The second-order valence-electron chi connectivity index (χ2n) is 5.23. The summed E-state index contributed by atoms with van der Waals surface area (Å²) in [7, 11) is 0. The van der Waals surface area contributed by atoms with Crippen molar-refractivity contribution in [2.45, 2.75) is 6.42 Å². The third-order valence-corrected chi connectivity index (χ3v) is 3.56. The lowest BCUT2D eigenvalue weighted by Gasteiger charge is -2.06. The van der Waals surface area contributed by atoms with Gasteiger partial charge in [0.15, 0.2) is 0 Å². The van der Waals surface area contributed by atoms with E-state index in [0.29, 0.717) is 40.8 Å². The molecule has 2 aromatic carbocycles. The Labute approximate surface area is 137 Å². The zero-order valence-electron chi connectivity index (χ0n) is 12.7. The Morgan fingerprint density at radius 3 is 2.88 bits per heavy atom. The molecule has 1 aromatic heterocycles. The first kappa shape index (κ1) is 15.4. The van der Waals surface area contributed by atoms with E-state index >= 15 is 0 Å². The number of fused-ring (bicyclic) bond motifs is 1. The predicted molar refractivity (Wildman–Crippen MR) is 89.6 cm³/mol. The molecule has 2 N–H and O–H groups in total. The summed E-state index contributed by atoms with van der Waals surface area (Å²) in [6.07, 6.45) is 0.407. The van der Waals surface area contributed by atoms with E-state index < -0.39 is 0 Å². The van der Waals surface area contributed by atoms with Crippen LogP contribution in [-0.2, 0) is 6.42 Å². The normalized spacial score (nSPS) is 10.3. The molecule has 0 aliphatic heterocycles. The number of carbonyl (C=O) groups excluding carboxylic acids is 1. The van der Waals surface area contributed by atoms with Gasteiger partial charge in [-0.25, -0.2) is 4.98 Å². The van der Waals surface area contributed by atoms with Crippen LogP contribution < -0.4 is 10.9 Å². The van der Waals surface area contributed by atoms with E-state index in [-0.39, 0.29) is 11.5 Å². The number of benzene rings is 2. The molecular weight excluding hydrogens is 304 g/mol. The first-order valence-corrected chi connectivity index (χ1v) is 7.43. The van der Waals surface area contributed by atoms with Crippen LogP contribution in [0.1, 0.15) is 21.7 Å². The molecule has 0 saturated heterocycles. The summed E-state index contributed by atoms with van der Waals surface area (Å²) < 4.78 is 0. The van der Waals surface area contributed by atoms with E-state index in [1.54, 1.807) is 36.4 Å². The molecule has 24 heavy (non-hydrogen) atoms. The van der Waals surface area contributed by atoms with Gasteiger partial charge in [-0.15, -0.1) is 0 Å². The van der Waals surface area contributed by atoms with Gasteiger partial charge >= 0.3 is 0 Å². The standard InChI is InChI=1S/C18H14N4O2/c19-11-12-4-3-5-13(10-12)17(23)20-9-8-16-21-15-7-2-1-6-14(15)18(24)22-16/h1-7,10H,8-9H2,(H,20,23)(H,21,22,24). The Morgan fingerprint density at radius 2 is 2.04 bits per heavy atom. The number of para-hydroxylation sites is 1. The van der Waals surface area contributed by atoms with Crippen molar-refractivity contribution in [3.05, 3.63) is 75.8 Å². The second kappa shape index (κ2) is 6.75. The molecule has 118 valence electrons. The number of nitrogens with zero attached hydrogens (tertiary/aromatic N) is 2. The number of hydrogen-bond donors (Lipinski definition) is 2. The predicted octanol–water partition coefficient (Wildman–Crippen LogP) is 1.77.